The molecule has 0 amide bonds. The van der Waals surface area contributed by atoms with Crippen LogP contribution < -0.4 is 0 Å². The molecule has 0 bridgehead atoms. The molecule has 0 aromatic heterocycles. The van der Waals surface area contributed by atoms with Crippen molar-refractivity contribution in [2.24, 2.45) is 10.9 Å². The zero-order valence-corrected chi connectivity index (χ0v) is 9.99. The van der Waals surface area contributed by atoms with Crippen molar-refractivity contribution in [2.75, 3.05) is 6.54 Å². The van der Waals surface area contributed by atoms with Gasteiger partial charge in [-0.05, 0) is 30.1 Å². The molecule has 0 aromatic carbocycles. The van der Waals surface area contributed by atoms with Crippen LogP contribution in [0.5, 0.6) is 0 Å². The number of hydrogen-bond acceptors (Lipinski definition) is 1. The minimum Gasteiger partial charge on any atom is -0.289 e. The Morgan fingerprint density at radius 2 is 2.07 bits per heavy atom. The Balaban J connectivity index is 1.87. The molecular formula is C12H20NP. The van der Waals surface area contributed by atoms with Crippen LogP contribution >= 0.6 is 9.24 Å². The summed E-state index contributed by atoms with van der Waals surface area (Å²) in [5, 5.41) is 1.44. The van der Waals surface area contributed by atoms with Crippen molar-refractivity contribution in [3.63, 3.8) is 0 Å². The maximum atomic E-state index is 4.60. The molecule has 0 radical (unpaired) electrons. The second-order valence-electron chi connectivity index (χ2n) is 4.55. The highest BCUT2D eigenvalue weighted by molar-refractivity contribution is 7.22. The molecule has 14 heavy (non-hydrogen) atoms. The predicted octanol–water partition coefficient (Wildman–Crippen LogP) is 3.56. The third kappa shape index (κ3) is 2.92. The van der Waals surface area contributed by atoms with Gasteiger partial charge in [-0.3, -0.25) is 4.99 Å². The van der Waals surface area contributed by atoms with Gasteiger partial charge in [0.2, 0.25) is 0 Å². The van der Waals surface area contributed by atoms with E-state index in [2.05, 4.69) is 20.3 Å². The Kier molecular flexibility index (Phi) is 3.75. The molecule has 1 heterocycles. The maximum absolute atomic E-state index is 4.60. The molecule has 2 rings (SSSR count). The maximum Gasteiger partial charge on any atom is 0.0433 e. The number of hydrogen-bond donors (Lipinski definition) is 0. The fraction of sp³-hybridized carbons (Fsp3) is 0.750. The molecule has 2 aliphatic rings. The minimum atomic E-state index is 0.926. The van der Waals surface area contributed by atoms with Crippen LogP contribution in [0.2, 0.25) is 0 Å². The van der Waals surface area contributed by atoms with Crippen molar-refractivity contribution in [1.82, 2.24) is 0 Å². The van der Waals surface area contributed by atoms with Gasteiger partial charge in [0.05, 0.1) is 0 Å². The van der Waals surface area contributed by atoms with Crippen LogP contribution in [0.15, 0.2) is 16.4 Å². The van der Waals surface area contributed by atoms with Crippen molar-refractivity contribution < 1.29 is 0 Å². The molecular weight excluding hydrogens is 189 g/mol. The van der Waals surface area contributed by atoms with E-state index in [1.54, 1.807) is 0 Å². The highest BCUT2D eigenvalue weighted by Gasteiger charge is 2.15. The summed E-state index contributed by atoms with van der Waals surface area (Å²) in [6.07, 6.45) is 11.8. The molecule has 1 unspecified atom stereocenters. The van der Waals surface area contributed by atoms with E-state index in [-0.39, 0.29) is 0 Å². The number of nitrogens with zero attached hydrogens (tertiary/aromatic N) is 1. The summed E-state index contributed by atoms with van der Waals surface area (Å²) in [4.78, 5) is 4.60. The Morgan fingerprint density at radius 1 is 1.29 bits per heavy atom. The molecule has 1 nitrogen and oxygen atoms in total. The zero-order chi connectivity index (χ0) is 9.80. The third-order valence-electron chi connectivity index (χ3n) is 3.29. The fourth-order valence-corrected chi connectivity index (χ4v) is 2.79. The topological polar surface area (TPSA) is 12.4 Å². The smallest absolute Gasteiger partial charge is 0.0433 e. The Hall–Kier alpha value is -0.160. The van der Waals surface area contributed by atoms with Gasteiger partial charge in [0, 0.05) is 12.3 Å². The van der Waals surface area contributed by atoms with E-state index in [1.807, 2.05) is 0 Å². The molecule has 0 saturated heterocycles. The van der Waals surface area contributed by atoms with E-state index < -0.39 is 0 Å². The summed E-state index contributed by atoms with van der Waals surface area (Å²) >= 11 is 0. The van der Waals surface area contributed by atoms with Gasteiger partial charge < -0.3 is 0 Å². The molecule has 2 heteroatoms. The van der Waals surface area contributed by atoms with Crippen LogP contribution in [0, 0.1) is 5.92 Å². The Bertz CT molecular complexity index is 249. The van der Waals surface area contributed by atoms with E-state index in [9.17, 15) is 0 Å². The summed E-state index contributed by atoms with van der Waals surface area (Å²) in [6, 6.07) is 0. The van der Waals surface area contributed by atoms with Crippen molar-refractivity contribution in [3.8, 4) is 0 Å². The highest BCUT2D eigenvalue weighted by atomic mass is 31.0. The van der Waals surface area contributed by atoms with E-state index >= 15 is 0 Å². The average molecular weight is 209 g/mol. The standard InChI is InChI=1S/C12H20NP/c14-12-6-7-13-11(9-12)8-10-4-2-1-3-5-10/h9-10H,1-8,14H2. The van der Waals surface area contributed by atoms with Gasteiger partial charge in [-0.1, -0.05) is 32.1 Å². The molecule has 0 N–H and O–H groups in total. The van der Waals surface area contributed by atoms with Crippen molar-refractivity contribution >= 4 is 15.0 Å². The first kappa shape index (κ1) is 10.4. The van der Waals surface area contributed by atoms with Gasteiger partial charge in [0.15, 0.2) is 0 Å². The van der Waals surface area contributed by atoms with Crippen molar-refractivity contribution in [2.45, 2.75) is 44.9 Å². The minimum absolute atomic E-state index is 0.926. The van der Waals surface area contributed by atoms with E-state index in [1.165, 1.54) is 49.6 Å². The van der Waals surface area contributed by atoms with Gasteiger partial charge in [0.1, 0.15) is 0 Å². The van der Waals surface area contributed by atoms with E-state index in [0.29, 0.717) is 0 Å². The molecule has 1 aliphatic heterocycles. The number of dihydropyridines is 1. The Morgan fingerprint density at radius 3 is 2.79 bits per heavy atom. The third-order valence-corrected chi connectivity index (χ3v) is 3.75. The summed E-state index contributed by atoms with van der Waals surface area (Å²) in [5.74, 6) is 0.926. The summed E-state index contributed by atoms with van der Waals surface area (Å²) in [7, 11) is 2.83. The first-order valence-corrected chi connectivity index (χ1v) is 6.42. The molecule has 1 atom stereocenters. The van der Waals surface area contributed by atoms with Crippen LogP contribution in [0.1, 0.15) is 44.9 Å². The van der Waals surface area contributed by atoms with Gasteiger partial charge in [0.25, 0.3) is 0 Å². The molecule has 1 fully saturated rings. The molecule has 0 aromatic rings. The summed E-state index contributed by atoms with van der Waals surface area (Å²) in [5.41, 5.74) is 1.35. The van der Waals surface area contributed by atoms with E-state index in [0.717, 1.165) is 18.9 Å². The number of allylic oxidation sites excluding steroid dienone is 1. The lowest BCUT2D eigenvalue weighted by molar-refractivity contribution is 0.368. The highest BCUT2D eigenvalue weighted by Crippen LogP contribution is 2.28. The van der Waals surface area contributed by atoms with Crippen molar-refractivity contribution in [1.29, 1.82) is 0 Å². The van der Waals surface area contributed by atoms with Gasteiger partial charge >= 0.3 is 0 Å². The van der Waals surface area contributed by atoms with Crippen molar-refractivity contribution in [3.05, 3.63) is 11.4 Å². The zero-order valence-electron chi connectivity index (χ0n) is 8.84. The van der Waals surface area contributed by atoms with Crippen LogP contribution in [0.4, 0.5) is 0 Å². The second-order valence-corrected chi connectivity index (χ2v) is 5.29. The Labute approximate surface area is 89.3 Å². The fourth-order valence-electron chi connectivity index (χ4n) is 2.47. The quantitative estimate of drug-likeness (QED) is 0.617. The SMILES string of the molecule is PC1=CC(CC2CCCCC2)=NCC1. The summed E-state index contributed by atoms with van der Waals surface area (Å²) in [6.45, 7) is 1.01. The first-order chi connectivity index (χ1) is 6.84. The lowest BCUT2D eigenvalue weighted by Gasteiger charge is -2.22. The predicted molar refractivity (Wildman–Crippen MR) is 65.9 cm³/mol. The van der Waals surface area contributed by atoms with Crippen LogP contribution in [0.25, 0.3) is 0 Å². The summed E-state index contributed by atoms with van der Waals surface area (Å²) < 4.78 is 0. The number of aliphatic imine (C=N–C) groups is 1. The molecule has 78 valence electrons. The lowest BCUT2D eigenvalue weighted by atomic mass is 9.85. The monoisotopic (exact) mass is 209 g/mol. The molecule has 1 saturated carbocycles. The molecule has 1 aliphatic carbocycles. The van der Waals surface area contributed by atoms with E-state index in [4.69, 9.17) is 0 Å². The van der Waals surface area contributed by atoms with Crippen LogP contribution in [0.3, 0.4) is 0 Å². The molecule has 0 spiro atoms. The number of rotatable bonds is 2. The second kappa shape index (κ2) is 5.07. The van der Waals surface area contributed by atoms with Gasteiger partial charge in [-0.2, -0.15) is 0 Å². The van der Waals surface area contributed by atoms with Gasteiger partial charge in [-0.15, -0.1) is 9.24 Å². The average Bonchev–Trinajstić information content (AvgIpc) is 2.19. The lowest BCUT2D eigenvalue weighted by Crippen LogP contribution is -2.13. The van der Waals surface area contributed by atoms with Gasteiger partial charge in [-0.25, -0.2) is 0 Å². The van der Waals surface area contributed by atoms with Crippen LogP contribution in [-0.4, -0.2) is 12.3 Å². The van der Waals surface area contributed by atoms with Crippen LogP contribution in [-0.2, 0) is 0 Å². The largest absolute Gasteiger partial charge is 0.289 e. The first-order valence-electron chi connectivity index (χ1n) is 5.84. The normalized spacial score (nSPS) is 24.4.